The third-order valence-corrected chi connectivity index (χ3v) is 13.6. The number of pyridine rings is 1. The van der Waals surface area contributed by atoms with Crippen LogP contribution in [0.3, 0.4) is 0 Å². The van der Waals surface area contributed by atoms with Gasteiger partial charge in [-0.05, 0) is 105 Å². The van der Waals surface area contributed by atoms with Crippen LogP contribution in [0.1, 0.15) is 96.7 Å². The number of likely N-dealkylation sites (tertiary alicyclic amines) is 1. The predicted octanol–water partition coefficient (Wildman–Crippen LogP) is 7.16. The molecule has 0 spiro atoms. The van der Waals surface area contributed by atoms with E-state index in [0.717, 1.165) is 56.2 Å². The molecule has 2 saturated heterocycles. The molecule has 68 heavy (non-hydrogen) atoms. The number of cyclic esters (lactones) is 1. The van der Waals surface area contributed by atoms with Gasteiger partial charge in [-0.15, -0.1) is 0 Å². The molecule has 0 aliphatic carbocycles. The standard InChI is InChI=1S/C53H68FN7O7/c1-32(2)47(58(8)50(64)38-21-25-59(30-38)45(62)18-11-22-54)49(63)56-43-27-35-14-10-15-36(26-35)37-19-20-44-40(28-37)41(48(61(44)33(3)4)39-16-12-23-55-46(39)34(5)67-9)29-53(6,7)31-68-52(66)42-17-13-24-60(57-42)51(43)65/h10-12,14-16,18-20,23,26,28,32-34,38,42-43,47,57H,13,17,21-22,24-25,27,29-31H2,1-9H3,(H,56,63)/b18-11+/t34-,38-,42-,43-,47?/m0/s1. The van der Waals surface area contributed by atoms with Gasteiger partial charge >= 0.3 is 5.97 Å². The van der Waals surface area contributed by atoms with Crippen molar-refractivity contribution in [3.8, 4) is 22.4 Å². The largest absolute Gasteiger partial charge is 0.464 e. The number of fused-ring (bicyclic) bond motifs is 6. The van der Waals surface area contributed by atoms with Gasteiger partial charge in [0.15, 0.2) is 0 Å². The van der Waals surface area contributed by atoms with E-state index in [0.29, 0.717) is 38.8 Å². The highest BCUT2D eigenvalue weighted by atomic mass is 19.1. The number of carbonyl (C=O) groups excluding carboxylic acids is 5. The molecule has 4 aromatic rings. The van der Waals surface area contributed by atoms with E-state index in [-0.39, 0.29) is 49.5 Å². The van der Waals surface area contributed by atoms with E-state index in [9.17, 15) is 28.4 Å². The fourth-order valence-electron chi connectivity index (χ4n) is 10.2. The number of hydrogen-bond donors (Lipinski definition) is 2. The van der Waals surface area contributed by atoms with Gasteiger partial charge in [-0.2, -0.15) is 0 Å². The number of likely N-dealkylation sites (N-methyl/N-ethyl adjacent to an activating group) is 1. The molecule has 6 bridgehead atoms. The molecular formula is C53H68FN7O7. The fraction of sp³-hybridized carbons (Fsp3) is 0.509. The highest BCUT2D eigenvalue weighted by Crippen LogP contribution is 2.43. The van der Waals surface area contributed by atoms with E-state index < -0.39 is 53.9 Å². The molecule has 7 rings (SSSR count). The van der Waals surface area contributed by atoms with Crippen molar-refractivity contribution < 1.29 is 37.8 Å². The Labute approximate surface area is 399 Å². The first-order valence-electron chi connectivity index (χ1n) is 24.0. The van der Waals surface area contributed by atoms with Crippen LogP contribution >= 0.6 is 0 Å². The number of amides is 4. The molecular weight excluding hydrogens is 866 g/mol. The number of nitrogens with one attached hydrogen (secondary N) is 2. The number of halogens is 1. The summed E-state index contributed by atoms with van der Waals surface area (Å²) in [6.45, 7) is 14.4. The average molecular weight is 934 g/mol. The van der Waals surface area contributed by atoms with Crippen LogP contribution in [0.2, 0.25) is 0 Å². The van der Waals surface area contributed by atoms with Gasteiger partial charge in [0.2, 0.25) is 17.7 Å². The number of aromatic nitrogens is 2. The van der Waals surface area contributed by atoms with Crippen LogP contribution in [0.4, 0.5) is 4.39 Å². The third-order valence-electron chi connectivity index (χ3n) is 13.6. The number of ether oxygens (including phenoxy) is 2. The minimum Gasteiger partial charge on any atom is -0.464 e. The van der Waals surface area contributed by atoms with Crippen LogP contribution in [0.15, 0.2) is 72.9 Å². The Morgan fingerprint density at radius 3 is 2.51 bits per heavy atom. The first kappa shape index (κ1) is 50.0. The Hall–Kier alpha value is -5.93. The molecule has 3 aliphatic heterocycles. The molecule has 0 radical (unpaired) electrons. The summed E-state index contributed by atoms with van der Waals surface area (Å²) in [5.74, 6) is -2.94. The van der Waals surface area contributed by atoms with E-state index >= 15 is 0 Å². The van der Waals surface area contributed by atoms with E-state index in [1.807, 2.05) is 45.0 Å². The van der Waals surface area contributed by atoms with Gasteiger partial charge in [-0.25, -0.2) is 9.82 Å². The van der Waals surface area contributed by atoms with Crippen LogP contribution in [0.5, 0.6) is 0 Å². The van der Waals surface area contributed by atoms with Crippen molar-refractivity contribution in [1.82, 2.24) is 35.1 Å². The van der Waals surface area contributed by atoms with Crippen LogP contribution in [0.25, 0.3) is 33.3 Å². The zero-order valence-electron chi connectivity index (χ0n) is 41.0. The molecule has 364 valence electrons. The summed E-state index contributed by atoms with van der Waals surface area (Å²) in [6, 6.07) is 15.8. The molecule has 5 atom stereocenters. The molecule has 2 fully saturated rings. The number of rotatable bonds is 11. The summed E-state index contributed by atoms with van der Waals surface area (Å²) in [5.41, 5.74) is 10.3. The van der Waals surface area contributed by atoms with Gasteiger partial charge in [-0.1, -0.05) is 58.0 Å². The van der Waals surface area contributed by atoms with Gasteiger partial charge in [0.25, 0.3) is 5.91 Å². The number of hydrazine groups is 1. The lowest BCUT2D eigenvalue weighted by Crippen LogP contribution is -2.62. The van der Waals surface area contributed by atoms with Gasteiger partial charge < -0.3 is 29.2 Å². The summed E-state index contributed by atoms with van der Waals surface area (Å²) in [4.78, 5) is 77.6. The summed E-state index contributed by atoms with van der Waals surface area (Å²) in [5, 5.41) is 5.53. The second kappa shape index (κ2) is 21.2. The zero-order valence-corrected chi connectivity index (χ0v) is 41.0. The molecule has 2 N–H and O–H groups in total. The van der Waals surface area contributed by atoms with Gasteiger partial charge in [0.05, 0.1) is 30.0 Å². The molecule has 5 heterocycles. The predicted molar refractivity (Wildman–Crippen MR) is 260 cm³/mol. The van der Waals surface area contributed by atoms with E-state index in [1.54, 1.807) is 20.4 Å². The van der Waals surface area contributed by atoms with Gasteiger partial charge in [-0.3, -0.25) is 34.0 Å². The Kier molecular flexibility index (Phi) is 15.5. The van der Waals surface area contributed by atoms with Crippen molar-refractivity contribution in [2.75, 3.05) is 47.1 Å². The Bertz CT molecular complexity index is 2550. The third kappa shape index (κ3) is 10.7. The van der Waals surface area contributed by atoms with Gasteiger partial charge in [0, 0.05) is 80.4 Å². The number of methoxy groups -OCH3 is 1. The fourth-order valence-corrected chi connectivity index (χ4v) is 10.2. The van der Waals surface area contributed by atoms with Gasteiger partial charge in [0.1, 0.15) is 24.8 Å². The molecule has 0 saturated carbocycles. The maximum absolute atomic E-state index is 14.7. The Balaban J connectivity index is 1.28. The molecule has 15 heteroatoms. The number of nitrogens with zero attached hydrogens (tertiary/aromatic N) is 5. The Morgan fingerprint density at radius 1 is 1.03 bits per heavy atom. The molecule has 1 unspecified atom stereocenters. The number of hydrogen-bond acceptors (Lipinski definition) is 9. The maximum Gasteiger partial charge on any atom is 0.324 e. The molecule has 2 aromatic carbocycles. The number of alkyl halides is 1. The average Bonchev–Trinajstić information content (AvgIpc) is 3.95. The number of carbonyl (C=O) groups is 5. The van der Waals surface area contributed by atoms with Crippen LogP contribution in [-0.2, 0) is 46.3 Å². The summed E-state index contributed by atoms with van der Waals surface area (Å²) in [7, 11) is 3.26. The SMILES string of the molecule is CO[C@@H](C)c1ncccc1-c1c2c3cc(ccc3n1C(C)C)-c1cccc(c1)C[C@H](NC(=O)C(C(C)C)N(C)C(=O)[C@H]1CCN(C(=O)/C=C/CF)C1)C(=O)N1CCC[C@H](N1)C(=O)OCC(C)(C)C2. The van der Waals surface area contributed by atoms with Crippen LogP contribution < -0.4 is 10.7 Å². The van der Waals surface area contributed by atoms with E-state index in [2.05, 4.69) is 73.3 Å². The number of benzene rings is 2. The quantitative estimate of drug-likeness (QED) is 0.118. The topological polar surface area (TPSA) is 155 Å². The summed E-state index contributed by atoms with van der Waals surface area (Å²) in [6.07, 6.45) is 5.92. The van der Waals surface area contributed by atoms with Crippen molar-refractivity contribution in [3.63, 3.8) is 0 Å². The molecule has 3 aliphatic rings. The zero-order chi connectivity index (χ0) is 49.0. The minimum atomic E-state index is -1.08. The Morgan fingerprint density at radius 2 is 1.79 bits per heavy atom. The second-order valence-corrected chi connectivity index (χ2v) is 20.0. The molecule has 4 amide bonds. The highest BCUT2D eigenvalue weighted by molar-refractivity contribution is 5.96. The van der Waals surface area contributed by atoms with Crippen molar-refractivity contribution >= 4 is 40.5 Å². The lowest BCUT2D eigenvalue weighted by molar-refractivity contribution is -0.155. The van der Waals surface area contributed by atoms with Crippen molar-refractivity contribution in [3.05, 3.63) is 89.8 Å². The number of esters is 1. The van der Waals surface area contributed by atoms with E-state index in [4.69, 9.17) is 14.5 Å². The number of allylic oxidation sites excluding steroid dienone is 1. The lowest BCUT2D eigenvalue weighted by Gasteiger charge is -2.37. The lowest BCUT2D eigenvalue weighted by atomic mass is 9.84. The first-order valence-corrected chi connectivity index (χ1v) is 24.0. The highest BCUT2D eigenvalue weighted by Gasteiger charge is 2.40. The second-order valence-electron chi connectivity index (χ2n) is 20.0. The normalized spacial score (nSPS) is 21.0. The van der Waals surface area contributed by atoms with Crippen molar-refractivity contribution in [2.24, 2.45) is 17.3 Å². The van der Waals surface area contributed by atoms with E-state index in [1.165, 1.54) is 20.9 Å². The van der Waals surface area contributed by atoms with Crippen molar-refractivity contribution in [1.29, 1.82) is 0 Å². The van der Waals surface area contributed by atoms with Crippen LogP contribution in [-0.4, -0.2) is 119 Å². The monoisotopic (exact) mass is 934 g/mol. The summed E-state index contributed by atoms with van der Waals surface area (Å²) >= 11 is 0. The van der Waals surface area contributed by atoms with Crippen LogP contribution in [0, 0.1) is 17.3 Å². The molecule has 14 nitrogen and oxygen atoms in total. The first-order chi connectivity index (χ1) is 32.4. The minimum absolute atomic E-state index is 0.0718. The smallest absolute Gasteiger partial charge is 0.324 e. The maximum atomic E-state index is 14.7. The van der Waals surface area contributed by atoms with Crippen molar-refractivity contribution in [2.45, 2.75) is 111 Å². The summed E-state index contributed by atoms with van der Waals surface area (Å²) < 4.78 is 27.1. The molecule has 2 aromatic heterocycles.